The van der Waals surface area contributed by atoms with E-state index in [9.17, 15) is 34.2 Å². The highest BCUT2D eigenvalue weighted by Crippen LogP contribution is 2.19. The first-order valence-electron chi connectivity index (χ1n) is 14.7. The Morgan fingerprint density at radius 1 is 0.783 bits per heavy atom. The standard InChI is InChI=1S/C31H40N8O7/c32-21(16-19-17-36-22-10-5-4-9-20(19)22)27(42)37-23(12-13-26(40)41)28(43)39-25(15-18-7-2-1-3-8-18)29(44)38-24(30(45)46)11-6-14-35-31(33)34/h1-5,7-10,17,21,23-25,36H,6,11-16,32H2,(H,37,42)(H,38,44)(H,39,43)(H,40,41)(H,45,46)(H4,33,34,35). The van der Waals surface area contributed by atoms with E-state index < -0.39 is 60.2 Å². The average Bonchev–Trinajstić information content (AvgIpc) is 3.42. The van der Waals surface area contributed by atoms with Gasteiger partial charge in [-0.25, -0.2) is 4.79 Å². The monoisotopic (exact) mass is 636 g/mol. The molecule has 1 heterocycles. The second kappa shape index (κ2) is 17.2. The molecule has 0 aliphatic carbocycles. The first kappa shape index (κ1) is 35.0. The van der Waals surface area contributed by atoms with Crippen molar-refractivity contribution in [3.05, 3.63) is 71.9 Å². The van der Waals surface area contributed by atoms with Crippen LogP contribution in [0.3, 0.4) is 0 Å². The molecule has 46 heavy (non-hydrogen) atoms. The van der Waals surface area contributed by atoms with Gasteiger partial charge < -0.3 is 48.3 Å². The minimum Gasteiger partial charge on any atom is -0.481 e. The number of nitrogens with one attached hydrogen (secondary N) is 4. The molecule has 3 aromatic rings. The highest BCUT2D eigenvalue weighted by Gasteiger charge is 2.31. The number of H-pyrrole nitrogens is 1. The van der Waals surface area contributed by atoms with Gasteiger partial charge in [-0.15, -0.1) is 0 Å². The second-order valence-electron chi connectivity index (χ2n) is 10.8. The Bertz CT molecular complexity index is 1540. The third kappa shape index (κ3) is 10.9. The lowest BCUT2D eigenvalue weighted by Crippen LogP contribution is -2.57. The predicted molar refractivity (Wildman–Crippen MR) is 170 cm³/mol. The van der Waals surface area contributed by atoms with Crippen LogP contribution >= 0.6 is 0 Å². The third-order valence-electron chi connectivity index (χ3n) is 7.21. The van der Waals surface area contributed by atoms with Crippen molar-refractivity contribution in [2.45, 2.75) is 62.7 Å². The number of carboxylic acids is 2. The number of aromatic amines is 1. The Labute approximate surface area is 265 Å². The normalized spacial score (nSPS) is 13.5. The van der Waals surface area contributed by atoms with Crippen LogP contribution < -0.4 is 33.2 Å². The lowest BCUT2D eigenvalue weighted by molar-refractivity contribution is -0.142. The van der Waals surface area contributed by atoms with Crippen molar-refractivity contribution in [1.82, 2.24) is 20.9 Å². The second-order valence-corrected chi connectivity index (χ2v) is 10.8. The number of aromatic nitrogens is 1. The molecule has 0 radical (unpaired) electrons. The Morgan fingerprint density at radius 2 is 1.41 bits per heavy atom. The van der Waals surface area contributed by atoms with Gasteiger partial charge >= 0.3 is 11.9 Å². The maximum atomic E-state index is 13.5. The molecule has 4 unspecified atom stereocenters. The lowest BCUT2D eigenvalue weighted by atomic mass is 10.0. The number of benzene rings is 2. The van der Waals surface area contributed by atoms with Crippen molar-refractivity contribution in [2.75, 3.05) is 6.54 Å². The summed E-state index contributed by atoms with van der Waals surface area (Å²) in [5, 5.41) is 27.4. The van der Waals surface area contributed by atoms with Crippen LogP contribution in [0.2, 0.25) is 0 Å². The molecule has 3 rings (SSSR count). The molecule has 0 aliphatic rings. The van der Waals surface area contributed by atoms with Gasteiger partial charge in [-0.2, -0.15) is 0 Å². The van der Waals surface area contributed by atoms with Crippen LogP contribution in [0, 0.1) is 0 Å². The highest BCUT2D eigenvalue weighted by atomic mass is 16.4. The van der Waals surface area contributed by atoms with E-state index in [1.165, 1.54) is 0 Å². The molecular weight excluding hydrogens is 596 g/mol. The van der Waals surface area contributed by atoms with E-state index in [1.54, 1.807) is 36.5 Å². The van der Waals surface area contributed by atoms with Crippen molar-refractivity contribution in [3.8, 4) is 0 Å². The highest BCUT2D eigenvalue weighted by molar-refractivity contribution is 5.94. The van der Waals surface area contributed by atoms with E-state index in [-0.39, 0.29) is 44.6 Å². The molecule has 0 aliphatic heterocycles. The van der Waals surface area contributed by atoms with Gasteiger partial charge in [-0.1, -0.05) is 48.5 Å². The van der Waals surface area contributed by atoms with Gasteiger partial charge in [-0.05, 0) is 42.9 Å². The number of aliphatic imine (C=N–C) groups is 1. The molecule has 246 valence electrons. The summed E-state index contributed by atoms with van der Waals surface area (Å²) in [6.45, 7) is 0.152. The number of hydrogen-bond donors (Lipinski definition) is 9. The van der Waals surface area contributed by atoms with Crippen LogP contribution in [0.15, 0.2) is 65.8 Å². The smallest absolute Gasteiger partial charge is 0.326 e. The molecular formula is C31H40N8O7. The Balaban J connectivity index is 1.75. The fraction of sp³-hybridized carbons (Fsp3) is 0.355. The molecule has 1 aromatic heterocycles. The molecule has 3 amide bonds. The van der Waals surface area contributed by atoms with Gasteiger partial charge in [0.05, 0.1) is 6.04 Å². The van der Waals surface area contributed by atoms with Crippen LogP contribution in [0.4, 0.5) is 0 Å². The Morgan fingerprint density at radius 3 is 2.09 bits per heavy atom. The quantitative estimate of drug-likeness (QED) is 0.0501. The third-order valence-corrected chi connectivity index (χ3v) is 7.21. The molecule has 2 aromatic carbocycles. The molecule has 15 heteroatoms. The summed E-state index contributed by atoms with van der Waals surface area (Å²) in [6, 6.07) is 11.2. The van der Waals surface area contributed by atoms with E-state index >= 15 is 0 Å². The Hall–Kier alpha value is -5.44. The van der Waals surface area contributed by atoms with Crippen molar-refractivity contribution in [2.24, 2.45) is 22.2 Å². The fourth-order valence-electron chi connectivity index (χ4n) is 4.81. The number of amides is 3. The summed E-state index contributed by atoms with van der Waals surface area (Å²) in [5.41, 5.74) is 19.1. The number of aliphatic carboxylic acids is 2. The summed E-state index contributed by atoms with van der Waals surface area (Å²) < 4.78 is 0. The van der Waals surface area contributed by atoms with Gasteiger partial charge in [0.25, 0.3) is 0 Å². The van der Waals surface area contributed by atoms with Gasteiger partial charge in [0.15, 0.2) is 5.96 Å². The summed E-state index contributed by atoms with van der Waals surface area (Å²) in [7, 11) is 0. The number of hydrogen-bond acceptors (Lipinski definition) is 7. The van der Waals surface area contributed by atoms with Crippen LogP contribution in [0.25, 0.3) is 10.9 Å². The minimum atomic E-state index is -1.35. The first-order chi connectivity index (χ1) is 21.9. The SMILES string of the molecule is NC(N)=NCCCC(NC(=O)C(Cc1ccccc1)NC(=O)C(CCC(=O)O)NC(=O)C(N)Cc1c[nH]c2ccccc12)C(=O)O. The van der Waals surface area contributed by atoms with Crippen LogP contribution in [0.1, 0.15) is 36.8 Å². The van der Waals surface area contributed by atoms with Gasteiger partial charge in [-0.3, -0.25) is 24.2 Å². The number of nitrogens with zero attached hydrogens (tertiary/aromatic N) is 1. The molecule has 0 saturated carbocycles. The summed E-state index contributed by atoms with van der Waals surface area (Å²) in [5.74, 6) is -4.94. The predicted octanol–water partition coefficient (Wildman–Crippen LogP) is -0.262. The topological polar surface area (TPSA) is 268 Å². The van der Waals surface area contributed by atoms with Crippen LogP contribution in [-0.4, -0.2) is 81.5 Å². The number of rotatable bonds is 18. The summed E-state index contributed by atoms with van der Waals surface area (Å²) in [4.78, 5) is 70.2. The van der Waals surface area contributed by atoms with Crippen molar-refractivity contribution < 1.29 is 34.2 Å². The summed E-state index contributed by atoms with van der Waals surface area (Å²) in [6.07, 6.45) is 1.39. The van der Waals surface area contributed by atoms with Gasteiger partial charge in [0, 0.05) is 36.5 Å². The molecule has 15 nitrogen and oxygen atoms in total. The van der Waals surface area contributed by atoms with E-state index in [1.807, 2.05) is 24.3 Å². The lowest BCUT2D eigenvalue weighted by Gasteiger charge is -2.25. The van der Waals surface area contributed by atoms with Gasteiger partial charge in [0.1, 0.15) is 18.1 Å². The number of carboxylic acid groups (broad SMARTS) is 2. The largest absolute Gasteiger partial charge is 0.481 e. The maximum Gasteiger partial charge on any atom is 0.326 e. The van der Waals surface area contributed by atoms with Crippen LogP contribution in [0.5, 0.6) is 0 Å². The molecule has 12 N–H and O–H groups in total. The minimum absolute atomic E-state index is 0.00939. The number of carbonyl (C=O) groups is 5. The molecule has 4 atom stereocenters. The van der Waals surface area contributed by atoms with E-state index in [0.29, 0.717) is 5.56 Å². The summed E-state index contributed by atoms with van der Waals surface area (Å²) >= 11 is 0. The van der Waals surface area contributed by atoms with Crippen molar-refractivity contribution in [1.29, 1.82) is 0 Å². The number of guanidine groups is 1. The van der Waals surface area contributed by atoms with E-state index in [2.05, 4.69) is 25.9 Å². The van der Waals surface area contributed by atoms with E-state index in [4.69, 9.17) is 17.2 Å². The number of fused-ring (bicyclic) bond motifs is 1. The fourth-order valence-corrected chi connectivity index (χ4v) is 4.81. The number of carbonyl (C=O) groups excluding carboxylic acids is 3. The number of nitrogens with two attached hydrogens (primary N) is 3. The average molecular weight is 637 g/mol. The maximum absolute atomic E-state index is 13.5. The first-order valence-corrected chi connectivity index (χ1v) is 14.7. The van der Waals surface area contributed by atoms with Crippen LogP contribution in [-0.2, 0) is 36.8 Å². The zero-order chi connectivity index (χ0) is 33.6. The molecule has 0 bridgehead atoms. The zero-order valence-electron chi connectivity index (χ0n) is 25.1. The van der Waals surface area contributed by atoms with Gasteiger partial charge in [0.2, 0.25) is 17.7 Å². The number of para-hydroxylation sites is 1. The van der Waals surface area contributed by atoms with Crippen molar-refractivity contribution in [3.63, 3.8) is 0 Å². The molecule has 0 spiro atoms. The van der Waals surface area contributed by atoms with Crippen molar-refractivity contribution >= 4 is 46.5 Å². The Kier molecular flexibility index (Phi) is 13.1. The zero-order valence-corrected chi connectivity index (χ0v) is 25.1. The molecule has 0 saturated heterocycles. The molecule has 0 fully saturated rings. The van der Waals surface area contributed by atoms with E-state index in [0.717, 1.165) is 16.5 Å².